The molecule has 1 aromatic carbocycles. The van der Waals surface area contributed by atoms with Gasteiger partial charge >= 0.3 is 0 Å². The Balaban J connectivity index is 1.43. The van der Waals surface area contributed by atoms with E-state index >= 15 is 0 Å². The number of aliphatic hydroxyl groups excluding tert-OH is 1. The maximum Gasteiger partial charge on any atom is 0.234 e. The molecule has 0 bridgehead atoms. The molecule has 2 aliphatic rings. The zero-order valence-electron chi connectivity index (χ0n) is 15.2. The number of likely N-dealkylation sites (tertiary alicyclic amines) is 1. The van der Waals surface area contributed by atoms with Gasteiger partial charge in [0.25, 0.3) is 0 Å². The average molecular weight is 405 g/mol. The van der Waals surface area contributed by atoms with Crippen LogP contribution in [0.15, 0.2) is 40.6 Å². The molecule has 0 radical (unpaired) electrons. The van der Waals surface area contributed by atoms with Crippen LogP contribution in [0.2, 0.25) is 0 Å². The van der Waals surface area contributed by atoms with Crippen LogP contribution >= 0.6 is 23.1 Å². The van der Waals surface area contributed by atoms with Gasteiger partial charge < -0.3 is 15.5 Å². The molecule has 1 amide bonds. The van der Waals surface area contributed by atoms with E-state index in [1.54, 1.807) is 11.3 Å². The molecular weight excluding hydrogens is 380 g/mol. The van der Waals surface area contributed by atoms with Crippen molar-refractivity contribution < 1.29 is 15.0 Å². The fourth-order valence-electron chi connectivity index (χ4n) is 3.84. The van der Waals surface area contributed by atoms with Crippen LogP contribution < -0.4 is 5.32 Å². The maximum atomic E-state index is 11.5. The third-order valence-electron chi connectivity index (χ3n) is 5.62. The second-order valence-electron chi connectivity index (χ2n) is 7.32. The topological polar surface area (TPSA) is 72.8 Å². The van der Waals surface area contributed by atoms with E-state index in [4.69, 9.17) is 0 Å². The summed E-state index contributed by atoms with van der Waals surface area (Å²) in [5, 5.41) is 26.7. The summed E-state index contributed by atoms with van der Waals surface area (Å²) < 4.78 is 0. The molecule has 1 fully saturated rings. The van der Waals surface area contributed by atoms with Crippen molar-refractivity contribution in [1.82, 2.24) is 4.90 Å². The monoisotopic (exact) mass is 404 g/mol. The normalized spacial score (nSPS) is 22.0. The Morgan fingerprint density at radius 2 is 2.04 bits per heavy atom. The molecule has 4 rings (SSSR count). The minimum Gasteiger partial charge on any atom is -0.387 e. The van der Waals surface area contributed by atoms with E-state index in [0.717, 1.165) is 34.1 Å². The van der Waals surface area contributed by atoms with E-state index in [9.17, 15) is 15.0 Å². The number of thiophene rings is 1. The minimum atomic E-state index is -0.740. The van der Waals surface area contributed by atoms with Gasteiger partial charge in [-0.25, -0.2) is 0 Å². The predicted molar refractivity (Wildman–Crippen MR) is 109 cm³/mol. The number of thioether (sulfide) groups is 1. The first kappa shape index (κ1) is 19.0. The Morgan fingerprint density at radius 1 is 1.26 bits per heavy atom. The first-order valence-corrected chi connectivity index (χ1v) is 11.1. The van der Waals surface area contributed by atoms with Crippen LogP contribution in [0.1, 0.15) is 36.3 Å². The molecule has 5 nitrogen and oxygen atoms in total. The molecule has 2 aromatic rings. The van der Waals surface area contributed by atoms with Gasteiger partial charge in [0, 0.05) is 28.9 Å². The molecule has 144 valence electrons. The fourth-order valence-corrected chi connectivity index (χ4v) is 5.58. The molecule has 0 aliphatic carbocycles. The van der Waals surface area contributed by atoms with Crippen molar-refractivity contribution in [3.05, 3.63) is 46.2 Å². The number of hydrogen-bond donors (Lipinski definition) is 3. The molecule has 3 heterocycles. The van der Waals surface area contributed by atoms with Gasteiger partial charge in [0.1, 0.15) is 5.60 Å². The van der Waals surface area contributed by atoms with Gasteiger partial charge in [-0.1, -0.05) is 12.1 Å². The van der Waals surface area contributed by atoms with Crippen LogP contribution in [-0.4, -0.2) is 45.9 Å². The lowest BCUT2D eigenvalue weighted by atomic mass is 9.88. The van der Waals surface area contributed by atoms with Gasteiger partial charge in [0.15, 0.2) is 0 Å². The number of nitrogens with zero attached hydrogens (tertiary/aromatic N) is 1. The van der Waals surface area contributed by atoms with Crippen molar-refractivity contribution in [2.24, 2.45) is 0 Å². The third-order valence-corrected chi connectivity index (χ3v) is 7.74. The number of fused-ring (bicyclic) bond motifs is 1. The lowest BCUT2D eigenvalue weighted by molar-refractivity contribution is -0.113. The summed E-state index contributed by atoms with van der Waals surface area (Å²) in [7, 11) is 0. The van der Waals surface area contributed by atoms with Gasteiger partial charge in [-0.2, -0.15) is 0 Å². The highest BCUT2D eigenvalue weighted by Gasteiger charge is 2.37. The van der Waals surface area contributed by atoms with Crippen LogP contribution in [-0.2, 0) is 10.4 Å². The van der Waals surface area contributed by atoms with Crippen LogP contribution in [0.25, 0.3) is 0 Å². The van der Waals surface area contributed by atoms with Crippen LogP contribution in [0.5, 0.6) is 0 Å². The summed E-state index contributed by atoms with van der Waals surface area (Å²) in [5.74, 6) is 0.427. The van der Waals surface area contributed by atoms with Crippen molar-refractivity contribution in [1.29, 1.82) is 0 Å². The highest BCUT2D eigenvalue weighted by atomic mass is 32.2. The van der Waals surface area contributed by atoms with E-state index in [-0.39, 0.29) is 11.9 Å². The second kappa shape index (κ2) is 7.56. The van der Waals surface area contributed by atoms with Crippen molar-refractivity contribution >= 4 is 34.7 Å². The summed E-state index contributed by atoms with van der Waals surface area (Å²) in [6.45, 7) is 3.54. The molecule has 7 heteroatoms. The average Bonchev–Trinajstić information content (AvgIpc) is 3.23. The zero-order chi connectivity index (χ0) is 19.0. The summed E-state index contributed by atoms with van der Waals surface area (Å²) >= 11 is 3.11. The molecule has 2 aliphatic heterocycles. The first-order valence-electron chi connectivity index (χ1n) is 9.21. The number of nitrogens with one attached hydrogen (secondary N) is 1. The predicted octanol–water partition coefficient (Wildman–Crippen LogP) is 3.20. The zero-order valence-corrected chi connectivity index (χ0v) is 16.9. The number of benzene rings is 1. The van der Waals surface area contributed by atoms with E-state index in [1.807, 2.05) is 42.6 Å². The molecule has 1 aromatic heterocycles. The van der Waals surface area contributed by atoms with Gasteiger partial charge in [-0.15, -0.1) is 23.1 Å². The molecule has 0 saturated carbocycles. The van der Waals surface area contributed by atoms with Crippen molar-refractivity contribution in [3.63, 3.8) is 0 Å². The number of hydrogen-bond acceptors (Lipinski definition) is 6. The largest absolute Gasteiger partial charge is 0.387 e. The van der Waals surface area contributed by atoms with Crippen LogP contribution in [0, 0.1) is 0 Å². The van der Waals surface area contributed by atoms with Gasteiger partial charge in [-0.3, -0.25) is 9.69 Å². The van der Waals surface area contributed by atoms with Gasteiger partial charge in [-0.05, 0) is 48.9 Å². The molecule has 0 spiro atoms. The van der Waals surface area contributed by atoms with Gasteiger partial charge in [0.2, 0.25) is 5.91 Å². The number of aliphatic hydroxyl groups is 2. The lowest BCUT2D eigenvalue weighted by Crippen LogP contribution is -2.47. The summed E-state index contributed by atoms with van der Waals surface area (Å²) in [4.78, 5) is 15.8. The summed E-state index contributed by atoms with van der Waals surface area (Å²) in [6, 6.07) is 9.68. The summed E-state index contributed by atoms with van der Waals surface area (Å²) in [5.41, 5.74) is 0.943. The maximum absolute atomic E-state index is 11.5. The van der Waals surface area contributed by atoms with Gasteiger partial charge in [0.05, 0.1) is 17.5 Å². The molecule has 2 unspecified atom stereocenters. The smallest absolute Gasteiger partial charge is 0.234 e. The number of piperidine rings is 1. The van der Waals surface area contributed by atoms with E-state index in [0.29, 0.717) is 18.6 Å². The number of carbonyl (C=O) groups excluding carboxylic acids is 1. The number of amides is 1. The fraction of sp³-hybridized carbons (Fsp3) is 0.450. The SMILES string of the molecule is CC(C(O)c1ccc2c(c1)SCC(=O)N2)N1CCC(O)(c2cccs2)CC1. The van der Waals surface area contributed by atoms with Crippen molar-refractivity contribution in [2.45, 2.75) is 42.4 Å². The Kier molecular flexibility index (Phi) is 5.31. The third kappa shape index (κ3) is 3.79. The summed E-state index contributed by atoms with van der Waals surface area (Å²) in [6.07, 6.45) is 0.745. The Hall–Kier alpha value is -1.38. The second-order valence-corrected chi connectivity index (χ2v) is 9.29. The molecule has 1 saturated heterocycles. The van der Waals surface area contributed by atoms with E-state index in [2.05, 4.69) is 10.2 Å². The highest BCUT2D eigenvalue weighted by Crippen LogP contribution is 2.38. The Morgan fingerprint density at radius 3 is 2.74 bits per heavy atom. The molecule has 27 heavy (non-hydrogen) atoms. The number of rotatable bonds is 4. The lowest BCUT2D eigenvalue weighted by Gasteiger charge is -2.41. The van der Waals surface area contributed by atoms with Crippen molar-refractivity contribution in [2.75, 3.05) is 24.2 Å². The Bertz CT molecular complexity index is 817. The molecular formula is C20H24N2O3S2. The quantitative estimate of drug-likeness (QED) is 0.730. The van der Waals surface area contributed by atoms with Crippen LogP contribution in [0.3, 0.4) is 0 Å². The van der Waals surface area contributed by atoms with E-state index in [1.165, 1.54) is 11.8 Å². The van der Waals surface area contributed by atoms with Crippen LogP contribution in [0.4, 0.5) is 5.69 Å². The standard InChI is InChI=1S/C20H24N2O3S2/c1-13(22-8-6-20(25,7-9-22)17-3-2-10-26-17)19(24)14-4-5-15-16(11-14)27-12-18(23)21-15/h2-5,10-11,13,19,24-25H,6-9,12H2,1H3,(H,21,23). The number of anilines is 1. The number of carbonyl (C=O) groups is 1. The highest BCUT2D eigenvalue weighted by molar-refractivity contribution is 8.00. The minimum absolute atomic E-state index is 0.0145. The Labute approximate surface area is 167 Å². The first-order chi connectivity index (χ1) is 13.0. The molecule has 2 atom stereocenters. The van der Waals surface area contributed by atoms with Crippen molar-refractivity contribution in [3.8, 4) is 0 Å². The van der Waals surface area contributed by atoms with E-state index < -0.39 is 11.7 Å². The molecule has 3 N–H and O–H groups in total.